The van der Waals surface area contributed by atoms with Gasteiger partial charge < -0.3 is 10.2 Å². The van der Waals surface area contributed by atoms with Crippen molar-refractivity contribution in [2.24, 2.45) is 11.8 Å². The highest BCUT2D eigenvalue weighted by molar-refractivity contribution is 5.75. The largest absolute Gasteiger partial charge is 0.335 e. The van der Waals surface area contributed by atoms with Crippen LogP contribution in [0.15, 0.2) is 0 Å². The SMILES string of the molecule is O=C(NC1CC1)N1CCC2CCCCC2C1. The van der Waals surface area contributed by atoms with Gasteiger partial charge in [0.1, 0.15) is 0 Å². The van der Waals surface area contributed by atoms with E-state index in [0.29, 0.717) is 6.04 Å². The fourth-order valence-corrected chi connectivity index (χ4v) is 3.28. The van der Waals surface area contributed by atoms with Crippen LogP contribution in [0.2, 0.25) is 0 Å². The first kappa shape index (κ1) is 10.4. The summed E-state index contributed by atoms with van der Waals surface area (Å²) < 4.78 is 0. The molecule has 1 aliphatic heterocycles. The van der Waals surface area contributed by atoms with Crippen LogP contribution in [0, 0.1) is 11.8 Å². The number of piperidine rings is 1. The molecule has 2 amide bonds. The maximum absolute atomic E-state index is 11.9. The summed E-state index contributed by atoms with van der Waals surface area (Å²) in [5, 5.41) is 3.11. The second-order valence-electron chi connectivity index (χ2n) is 5.76. The van der Waals surface area contributed by atoms with Crippen molar-refractivity contribution in [1.82, 2.24) is 10.2 Å². The van der Waals surface area contributed by atoms with Gasteiger partial charge in [-0.3, -0.25) is 0 Å². The molecule has 1 heterocycles. The van der Waals surface area contributed by atoms with Crippen molar-refractivity contribution in [1.29, 1.82) is 0 Å². The van der Waals surface area contributed by atoms with Gasteiger partial charge in [0.2, 0.25) is 0 Å². The lowest BCUT2D eigenvalue weighted by Gasteiger charge is -2.41. The maximum atomic E-state index is 11.9. The Balaban J connectivity index is 1.54. The monoisotopic (exact) mass is 222 g/mol. The molecule has 0 aromatic carbocycles. The summed E-state index contributed by atoms with van der Waals surface area (Å²) >= 11 is 0. The van der Waals surface area contributed by atoms with E-state index < -0.39 is 0 Å². The van der Waals surface area contributed by atoms with Crippen LogP contribution in [-0.4, -0.2) is 30.1 Å². The summed E-state index contributed by atoms with van der Waals surface area (Å²) in [6, 6.07) is 0.697. The van der Waals surface area contributed by atoms with Crippen LogP contribution in [-0.2, 0) is 0 Å². The van der Waals surface area contributed by atoms with Gasteiger partial charge in [-0.25, -0.2) is 4.79 Å². The van der Waals surface area contributed by atoms with Crippen LogP contribution in [0.5, 0.6) is 0 Å². The van der Waals surface area contributed by atoms with E-state index in [-0.39, 0.29) is 6.03 Å². The second kappa shape index (κ2) is 4.27. The van der Waals surface area contributed by atoms with E-state index in [1.54, 1.807) is 0 Å². The van der Waals surface area contributed by atoms with E-state index in [2.05, 4.69) is 10.2 Å². The van der Waals surface area contributed by atoms with E-state index in [0.717, 1.165) is 24.9 Å². The van der Waals surface area contributed by atoms with Crippen molar-refractivity contribution >= 4 is 6.03 Å². The molecule has 0 bridgehead atoms. The maximum Gasteiger partial charge on any atom is 0.317 e. The minimum absolute atomic E-state index is 0.200. The number of hydrogen-bond donors (Lipinski definition) is 1. The van der Waals surface area contributed by atoms with Crippen molar-refractivity contribution in [3.63, 3.8) is 0 Å². The topological polar surface area (TPSA) is 32.3 Å². The summed E-state index contributed by atoms with van der Waals surface area (Å²) in [4.78, 5) is 14.0. The number of nitrogens with zero attached hydrogens (tertiary/aromatic N) is 1. The second-order valence-corrected chi connectivity index (χ2v) is 5.76. The molecular formula is C13H22N2O. The molecule has 16 heavy (non-hydrogen) atoms. The van der Waals surface area contributed by atoms with E-state index in [1.165, 1.54) is 44.9 Å². The Labute approximate surface area is 97.6 Å². The Hall–Kier alpha value is -0.730. The van der Waals surface area contributed by atoms with Gasteiger partial charge in [0.25, 0.3) is 0 Å². The van der Waals surface area contributed by atoms with E-state index >= 15 is 0 Å². The van der Waals surface area contributed by atoms with Crippen molar-refractivity contribution in [2.45, 2.75) is 51.0 Å². The van der Waals surface area contributed by atoms with Gasteiger partial charge in [0, 0.05) is 19.1 Å². The van der Waals surface area contributed by atoms with E-state index in [4.69, 9.17) is 0 Å². The van der Waals surface area contributed by atoms with Crippen LogP contribution in [0.3, 0.4) is 0 Å². The Morgan fingerprint density at radius 3 is 2.50 bits per heavy atom. The molecule has 1 saturated heterocycles. The number of likely N-dealkylation sites (tertiary alicyclic amines) is 1. The lowest BCUT2D eigenvalue weighted by molar-refractivity contribution is 0.102. The van der Waals surface area contributed by atoms with Gasteiger partial charge in [-0.1, -0.05) is 19.3 Å². The van der Waals surface area contributed by atoms with Crippen molar-refractivity contribution in [2.75, 3.05) is 13.1 Å². The Bertz CT molecular complexity index is 275. The zero-order valence-corrected chi connectivity index (χ0v) is 9.95. The number of nitrogens with one attached hydrogen (secondary N) is 1. The van der Waals surface area contributed by atoms with Crippen LogP contribution in [0.1, 0.15) is 44.9 Å². The van der Waals surface area contributed by atoms with Gasteiger partial charge >= 0.3 is 6.03 Å². The highest BCUT2D eigenvalue weighted by Crippen LogP contribution is 2.36. The molecule has 0 aromatic heterocycles. The molecule has 2 unspecified atom stereocenters. The Morgan fingerprint density at radius 1 is 1.00 bits per heavy atom. The Kier molecular flexibility index (Phi) is 2.78. The standard InChI is InChI=1S/C13H22N2O/c16-13(14-12-5-6-12)15-8-7-10-3-1-2-4-11(10)9-15/h10-12H,1-9H2,(H,14,16). The van der Waals surface area contributed by atoms with Crippen LogP contribution in [0.25, 0.3) is 0 Å². The summed E-state index contributed by atoms with van der Waals surface area (Å²) in [7, 11) is 0. The van der Waals surface area contributed by atoms with Crippen LogP contribution in [0.4, 0.5) is 4.79 Å². The molecule has 90 valence electrons. The summed E-state index contributed by atoms with van der Waals surface area (Å²) in [6.45, 7) is 2.00. The predicted octanol–water partition coefficient (Wildman–Crippen LogP) is 2.37. The normalized spacial score (nSPS) is 34.4. The zero-order chi connectivity index (χ0) is 11.0. The first-order chi connectivity index (χ1) is 7.83. The van der Waals surface area contributed by atoms with Gasteiger partial charge in [-0.15, -0.1) is 0 Å². The average molecular weight is 222 g/mol. The van der Waals surface area contributed by atoms with Gasteiger partial charge in [-0.05, 0) is 37.5 Å². The molecule has 1 N–H and O–H groups in total. The number of carbonyl (C=O) groups is 1. The van der Waals surface area contributed by atoms with E-state index in [9.17, 15) is 4.79 Å². The van der Waals surface area contributed by atoms with Gasteiger partial charge in [0.05, 0.1) is 0 Å². The summed E-state index contributed by atoms with van der Waals surface area (Å²) in [6.07, 6.45) is 9.15. The quantitative estimate of drug-likeness (QED) is 0.726. The first-order valence-corrected chi connectivity index (χ1v) is 6.88. The molecule has 2 aliphatic carbocycles. The molecule has 2 atom stereocenters. The number of carbonyl (C=O) groups excluding carboxylic acids is 1. The average Bonchev–Trinajstić information content (AvgIpc) is 3.12. The number of hydrogen-bond acceptors (Lipinski definition) is 1. The number of fused-ring (bicyclic) bond motifs is 1. The Morgan fingerprint density at radius 2 is 1.75 bits per heavy atom. The lowest BCUT2D eigenvalue weighted by atomic mass is 9.75. The molecule has 3 nitrogen and oxygen atoms in total. The zero-order valence-electron chi connectivity index (χ0n) is 9.95. The van der Waals surface area contributed by atoms with Gasteiger partial charge in [0.15, 0.2) is 0 Å². The molecule has 2 saturated carbocycles. The first-order valence-electron chi connectivity index (χ1n) is 6.88. The predicted molar refractivity (Wildman–Crippen MR) is 63.2 cm³/mol. The number of rotatable bonds is 1. The van der Waals surface area contributed by atoms with Crippen LogP contribution < -0.4 is 5.32 Å². The molecule has 3 fully saturated rings. The van der Waals surface area contributed by atoms with Crippen molar-refractivity contribution < 1.29 is 4.79 Å². The smallest absolute Gasteiger partial charge is 0.317 e. The molecule has 3 heteroatoms. The number of amides is 2. The third-order valence-corrected chi connectivity index (χ3v) is 4.48. The third kappa shape index (κ3) is 2.18. The minimum Gasteiger partial charge on any atom is -0.335 e. The lowest BCUT2D eigenvalue weighted by Crippen LogP contribution is -2.49. The fourth-order valence-electron chi connectivity index (χ4n) is 3.28. The van der Waals surface area contributed by atoms with Gasteiger partial charge in [-0.2, -0.15) is 0 Å². The summed E-state index contributed by atoms with van der Waals surface area (Å²) in [5.41, 5.74) is 0. The fraction of sp³-hybridized carbons (Fsp3) is 0.923. The third-order valence-electron chi connectivity index (χ3n) is 4.48. The molecule has 0 aromatic rings. The molecule has 3 rings (SSSR count). The highest BCUT2D eigenvalue weighted by Gasteiger charge is 2.34. The number of urea groups is 1. The molecule has 0 spiro atoms. The molecule has 3 aliphatic rings. The highest BCUT2D eigenvalue weighted by atomic mass is 16.2. The molecule has 0 radical (unpaired) electrons. The van der Waals surface area contributed by atoms with Crippen molar-refractivity contribution in [3.05, 3.63) is 0 Å². The minimum atomic E-state index is 0.200. The van der Waals surface area contributed by atoms with E-state index in [1.807, 2.05) is 0 Å². The molecular weight excluding hydrogens is 200 g/mol. The summed E-state index contributed by atoms with van der Waals surface area (Å²) in [5.74, 6) is 1.71. The van der Waals surface area contributed by atoms with Crippen molar-refractivity contribution in [3.8, 4) is 0 Å². The van der Waals surface area contributed by atoms with Crippen LogP contribution >= 0.6 is 0 Å².